The number of nitrogen functional groups attached to an aromatic ring is 2. The number of anilines is 2. The molecule has 0 heterocycles. The fraction of sp³-hybridized carbons (Fsp3) is 0.429. The van der Waals surface area contributed by atoms with Crippen molar-refractivity contribution in [2.75, 3.05) is 18.1 Å². The first-order valence-corrected chi connectivity index (χ1v) is 12.3. The number of carbonyl (C=O) groups excluding carboxylic acids is 2. The Balaban J connectivity index is 1.62. The van der Waals surface area contributed by atoms with Crippen LogP contribution in [0, 0.1) is 0 Å². The lowest BCUT2D eigenvalue weighted by atomic mass is 10.1. The van der Waals surface area contributed by atoms with Gasteiger partial charge in [-0.05, 0) is 48.4 Å². The highest BCUT2D eigenvalue weighted by Crippen LogP contribution is 2.18. The zero-order valence-electron chi connectivity index (χ0n) is 20.3. The molecule has 34 heavy (non-hydrogen) atoms. The smallest absolute Gasteiger partial charge is 0.343 e. The molecule has 2 rings (SSSR count). The molecule has 0 bridgehead atoms. The van der Waals surface area contributed by atoms with E-state index in [9.17, 15) is 9.59 Å². The summed E-state index contributed by atoms with van der Waals surface area (Å²) in [5, 5.41) is 0. The third-order valence-electron chi connectivity index (χ3n) is 5.46. The molecule has 0 atom stereocenters. The number of hydrogen-bond donors (Lipinski definition) is 2. The highest BCUT2D eigenvalue weighted by molar-refractivity contribution is 5.93. The molecule has 0 unspecified atom stereocenters. The first-order chi connectivity index (χ1) is 16.5. The third-order valence-corrected chi connectivity index (χ3v) is 5.46. The lowest BCUT2D eigenvalue weighted by Gasteiger charge is -2.06. The van der Waals surface area contributed by atoms with E-state index in [-0.39, 0.29) is 11.5 Å². The van der Waals surface area contributed by atoms with Crippen LogP contribution in [0.5, 0.6) is 5.75 Å². The van der Waals surface area contributed by atoms with Crippen molar-refractivity contribution < 1.29 is 19.1 Å². The Hall–Kier alpha value is -3.28. The van der Waals surface area contributed by atoms with Crippen molar-refractivity contribution >= 4 is 29.4 Å². The highest BCUT2D eigenvalue weighted by atomic mass is 16.5. The summed E-state index contributed by atoms with van der Waals surface area (Å²) >= 11 is 0. The normalized spacial score (nSPS) is 11.0. The van der Waals surface area contributed by atoms with Crippen LogP contribution in [0.3, 0.4) is 0 Å². The molecule has 0 saturated carbocycles. The third kappa shape index (κ3) is 11.0. The van der Waals surface area contributed by atoms with E-state index in [1.54, 1.807) is 36.4 Å². The summed E-state index contributed by atoms with van der Waals surface area (Å²) in [6.45, 7) is 2.69. The van der Waals surface area contributed by atoms with Crippen molar-refractivity contribution in [3.63, 3.8) is 0 Å². The molecule has 4 N–H and O–H groups in total. The molecular formula is C28H38N2O4. The predicted molar refractivity (Wildman–Crippen MR) is 139 cm³/mol. The van der Waals surface area contributed by atoms with Gasteiger partial charge in [-0.25, -0.2) is 9.59 Å². The van der Waals surface area contributed by atoms with E-state index in [0.717, 1.165) is 18.4 Å². The van der Waals surface area contributed by atoms with Gasteiger partial charge in [0.05, 0.1) is 12.2 Å². The van der Waals surface area contributed by atoms with E-state index >= 15 is 0 Å². The zero-order chi connectivity index (χ0) is 24.6. The van der Waals surface area contributed by atoms with E-state index in [1.807, 2.05) is 0 Å². The molecule has 2 aromatic carbocycles. The van der Waals surface area contributed by atoms with Crippen molar-refractivity contribution in [1.29, 1.82) is 0 Å². The van der Waals surface area contributed by atoms with Gasteiger partial charge < -0.3 is 20.9 Å². The number of hydrogen-bond acceptors (Lipinski definition) is 6. The van der Waals surface area contributed by atoms with Gasteiger partial charge in [0.25, 0.3) is 0 Å². The number of nitrogens with two attached hydrogens (primary N) is 2. The average Bonchev–Trinajstić information content (AvgIpc) is 2.81. The van der Waals surface area contributed by atoms with Crippen molar-refractivity contribution in [2.45, 2.75) is 71.1 Å². The average molecular weight is 467 g/mol. The Morgan fingerprint density at radius 3 is 1.94 bits per heavy atom. The molecule has 0 spiro atoms. The maximum absolute atomic E-state index is 12.3. The number of benzene rings is 2. The molecule has 6 nitrogen and oxygen atoms in total. The van der Waals surface area contributed by atoms with E-state index < -0.39 is 5.97 Å². The van der Waals surface area contributed by atoms with Crippen molar-refractivity contribution in [3.8, 4) is 5.75 Å². The summed E-state index contributed by atoms with van der Waals surface area (Å²) in [7, 11) is 0. The number of rotatable bonds is 15. The Labute approximate surface area is 203 Å². The van der Waals surface area contributed by atoms with Gasteiger partial charge in [-0.2, -0.15) is 0 Å². The van der Waals surface area contributed by atoms with Crippen LogP contribution < -0.4 is 16.2 Å². The SMILES string of the molecule is CCCCCCCCCCCCOC(=O)/C=C/c1ccc(OC(=O)c2cc(N)cc(N)c2)cc1. The monoisotopic (exact) mass is 466 g/mol. The van der Waals surface area contributed by atoms with Crippen LogP contribution in [0.15, 0.2) is 48.5 Å². The summed E-state index contributed by atoms with van der Waals surface area (Å²) in [5.41, 5.74) is 13.3. The molecule has 0 aromatic heterocycles. The molecule has 6 heteroatoms. The Kier molecular flexibility index (Phi) is 12.3. The van der Waals surface area contributed by atoms with E-state index in [4.69, 9.17) is 20.9 Å². The number of carbonyl (C=O) groups is 2. The van der Waals surface area contributed by atoms with E-state index in [2.05, 4.69) is 6.92 Å². The first-order valence-electron chi connectivity index (χ1n) is 12.3. The van der Waals surface area contributed by atoms with Crippen molar-refractivity contribution in [1.82, 2.24) is 0 Å². The second-order valence-electron chi connectivity index (χ2n) is 8.53. The maximum atomic E-state index is 12.3. The summed E-state index contributed by atoms with van der Waals surface area (Å²) in [5.74, 6) is -0.518. The molecule has 2 aromatic rings. The lowest BCUT2D eigenvalue weighted by molar-refractivity contribution is -0.137. The van der Waals surface area contributed by atoms with Crippen LogP contribution in [-0.2, 0) is 9.53 Å². The van der Waals surface area contributed by atoms with Gasteiger partial charge in [0.1, 0.15) is 5.75 Å². The van der Waals surface area contributed by atoms with Crippen LogP contribution in [-0.4, -0.2) is 18.5 Å². The van der Waals surface area contributed by atoms with Crippen molar-refractivity contribution in [2.24, 2.45) is 0 Å². The van der Waals surface area contributed by atoms with Crippen LogP contribution in [0.25, 0.3) is 6.08 Å². The Morgan fingerprint density at radius 2 is 1.35 bits per heavy atom. The maximum Gasteiger partial charge on any atom is 0.343 e. The minimum Gasteiger partial charge on any atom is -0.463 e. The van der Waals surface area contributed by atoms with Gasteiger partial charge in [-0.15, -0.1) is 0 Å². The van der Waals surface area contributed by atoms with Gasteiger partial charge in [-0.1, -0.05) is 76.8 Å². The molecule has 0 saturated heterocycles. The predicted octanol–water partition coefficient (Wildman–Crippen LogP) is 6.55. The van der Waals surface area contributed by atoms with Crippen LogP contribution >= 0.6 is 0 Å². The Bertz CT molecular complexity index is 902. The minimum atomic E-state index is -0.544. The highest BCUT2D eigenvalue weighted by Gasteiger charge is 2.10. The summed E-state index contributed by atoms with van der Waals surface area (Å²) in [6.07, 6.45) is 15.5. The molecule has 0 aliphatic heterocycles. The fourth-order valence-corrected chi connectivity index (χ4v) is 3.58. The topological polar surface area (TPSA) is 105 Å². The van der Waals surface area contributed by atoms with Crippen LogP contribution in [0.4, 0.5) is 11.4 Å². The minimum absolute atomic E-state index is 0.284. The number of esters is 2. The molecule has 0 fully saturated rings. The van der Waals surface area contributed by atoms with Gasteiger partial charge >= 0.3 is 11.9 Å². The molecule has 184 valence electrons. The molecule has 0 amide bonds. The number of unbranched alkanes of at least 4 members (excludes halogenated alkanes) is 9. The van der Waals surface area contributed by atoms with Crippen molar-refractivity contribution in [3.05, 3.63) is 59.7 Å². The zero-order valence-corrected chi connectivity index (χ0v) is 20.3. The second-order valence-corrected chi connectivity index (χ2v) is 8.53. The summed E-state index contributed by atoms with van der Waals surface area (Å²) in [6, 6.07) is 11.4. The summed E-state index contributed by atoms with van der Waals surface area (Å²) in [4.78, 5) is 24.2. The van der Waals surface area contributed by atoms with Gasteiger partial charge in [0, 0.05) is 17.5 Å². The van der Waals surface area contributed by atoms with Gasteiger partial charge in [-0.3, -0.25) is 0 Å². The van der Waals surface area contributed by atoms with Crippen LogP contribution in [0.1, 0.15) is 87.1 Å². The van der Waals surface area contributed by atoms with Gasteiger partial charge in [0.15, 0.2) is 0 Å². The molecule has 0 aliphatic rings. The van der Waals surface area contributed by atoms with Crippen LogP contribution in [0.2, 0.25) is 0 Å². The Morgan fingerprint density at radius 1 is 0.794 bits per heavy atom. The number of ether oxygens (including phenoxy) is 2. The van der Waals surface area contributed by atoms with Gasteiger partial charge in [0.2, 0.25) is 0 Å². The summed E-state index contributed by atoms with van der Waals surface area (Å²) < 4.78 is 10.6. The lowest BCUT2D eigenvalue weighted by Crippen LogP contribution is -2.09. The van der Waals surface area contributed by atoms with E-state index in [0.29, 0.717) is 23.7 Å². The standard InChI is InChI=1S/C28H38N2O4/c1-2-3-4-5-6-7-8-9-10-11-18-33-27(31)17-14-22-12-15-26(16-13-22)34-28(32)23-19-24(29)21-25(30)20-23/h12-17,19-21H,2-11,18,29-30H2,1H3/b17-14+. The molecule has 0 aliphatic carbocycles. The second kappa shape index (κ2) is 15.5. The quantitative estimate of drug-likeness (QED) is 0.101. The molecular weight excluding hydrogens is 428 g/mol. The first kappa shape index (κ1) is 27.0. The van der Waals surface area contributed by atoms with E-state index in [1.165, 1.54) is 69.6 Å². The largest absolute Gasteiger partial charge is 0.463 e. The fourth-order valence-electron chi connectivity index (χ4n) is 3.58. The molecule has 0 radical (unpaired) electrons.